The van der Waals surface area contributed by atoms with Gasteiger partial charge >= 0.3 is 0 Å². The van der Waals surface area contributed by atoms with E-state index < -0.39 is 0 Å². The topological polar surface area (TPSA) is 43.4 Å². The third-order valence-corrected chi connectivity index (χ3v) is 3.81. The number of aromatic nitrogens is 1. The number of halogens is 1. The molecule has 1 aromatic carbocycles. The molecule has 1 saturated heterocycles. The van der Waals surface area contributed by atoms with Gasteiger partial charge < -0.3 is 14.8 Å². The molecule has 3 rings (SSSR count). The number of hydrogen-bond acceptors (Lipinski definition) is 4. The van der Waals surface area contributed by atoms with Crippen molar-refractivity contribution in [1.29, 1.82) is 0 Å². The first-order valence-corrected chi connectivity index (χ1v) is 7.76. The van der Waals surface area contributed by atoms with Crippen molar-refractivity contribution in [2.75, 3.05) is 26.4 Å². The Labute approximate surface area is 129 Å². The molecule has 1 aliphatic heterocycles. The van der Waals surface area contributed by atoms with Gasteiger partial charge in [0, 0.05) is 31.3 Å². The Morgan fingerprint density at radius 1 is 1.41 bits per heavy atom. The number of hydrogen-bond donors (Lipinski definition) is 1. The van der Waals surface area contributed by atoms with Crippen molar-refractivity contribution in [2.45, 2.75) is 25.5 Å². The molecular formula is C17H21FN2O2. The fourth-order valence-electron chi connectivity index (χ4n) is 2.72. The van der Waals surface area contributed by atoms with Crippen LogP contribution in [0.1, 0.15) is 18.4 Å². The van der Waals surface area contributed by atoms with Crippen LogP contribution in [-0.2, 0) is 16.0 Å². The van der Waals surface area contributed by atoms with E-state index >= 15 is 0 Å². The number of benzene rings is 1. The zero-order chi connectivity index (χ0) is 15.2. The maximum Gasteiger partial charge on any atom is 0.124 e. The molecule has 0 aliphatic carbocycles. The van der Waals surface area contributed by atoms with Crippen molar-refractivity contribution in [3.63, 3.8) is 0 Å². The quantitative estimate of drug-likeness (QED) is 0.799. The van der Waals surface area contributed by atoms with Crippen LogP contribution >= 0.6 is 0 Å². The molecule has 118 valence electrons. The maximum absolute atomic E-state index is 13.6. The van der Waals surface area contributed by atoms with Gasteiger partial charge in [-0.1, -0.05) is 6.07 Å². The minimum absolute atomic E-state index is 0.230. The van der Waals surface area contributed by atoms with Gasteiger partial charge in [0.2, 0.25) is 0 Å². The maximum atomic E-state index is 13.6. The summed E-state index contributed by atoms with van der Waals surface area (Å²) < 4.78 is 24.7. The fraction of sp³-hybridized carbons (Fsp3) is 0.471. The van der Waals surface area contributed by atoms with E-state index in [1.165, 1.54) is 12.1 Å². The van der Waals surface area contributed by atoms with Gasteiger partial charge in [-0.25, -0.2) is 4.39 Å². The van der Waals surface area contributed by atoms with Crippen LogP contribution in [0.3, 0.4) is 0 Å². The monoisotopic (exact) mass is 304 g/mol. The highest BCUT2D eigenvalue weighted by Gasteiger charge is 2.14. The number of ether oxygens (including phenoxy) is 2. The summed E-state index contributed by atoms with van der Waals surface area (Å²) >= 11 is 0. The fourth-order valence-corrected chi connectivity index (χ4v) is 2.72. The summed E-state index contributed by atoms with van der Waals surface area (Å²) in [6.07, 6.45) is 4.21. The van der Waals surface area contributed by atoms with E-state index in [0.717, 1.165) is 42.5 Å². The Balaban J connectivity index is 1.45. The second kappa shape index (κ2) is 7.63. The van der Waals surface area contributed by atoms with Crippen molar-refractivity contribution in [2.24, 2.45) is 0 Å². The zero-order valence-corrected chi connectivity index (χ0v) is 12.6. The van der Waals surface area contributed by atoms with Crippen LogP contribution < -0.4 is 5.32 Å². The standard InChI is InChI=1S/C17H21FN2O2/c18-15-9-13-3-1-5-20-17(13)14(10-15)11-19-6-8-21-12-16-4-2-7-22-16/h1,3,5,9-10,16,19H,2,4,6-8,11-12H2/t16-/m1/s1. The van der Waals surface area contributed by atoms with Crippen LogP contribution in [0.15, 0.2) is 30.5 Å². The Bertz CT molecular complexity index is 615. The van der Waals surface area contributed by atoms with Gasteiger partial charge in [-0.05, 0) is 36.6 Å². The lowest BCUT2D eigenvalue weighted by atomic mass is 10.1. The summed E-state index contributed by atoms with van der Waals surface area (Å²) in [5, 5.41) is 4.10. The summed E-state index contributed by atoms with van der Waals surface area (Å²) in [7, 11) is 0. The molecule has 2 heterocycles. The molecule has 0 unspecified atom stereocenters. The predicted octanol–water partition coefficient (Wildman–Crippen LogP) is 2.66. The van der Waals surface area contributed by atoms with Gasteiger partial charge in [0.15, 0.2) is 0 Å². The normalized spacial score (nSPS) is 18.1. The number of rotatable bonds is 7. The van der Waals surface area contributed by atoms with Gasteiger partial charge in [0.25, 0.3) is 0 Å². The van der Waals surface area contributed by atoms with Crippen LogP contribution in [-0.4, -0.2) is 37.5 Å². The van der Waals surface area contributed by atoms with Gasteiger partial charge in [0.1, 0.15) is 5.82 Å². The van der Waals surface area contributed by atoms with Crippen molar-refractivity contribution in [3.05, 3.63) is 41.8 Å². The second-order valence-corrected chi connectivity index (χ2v) is 5.53. The predicted molar refractivity (Wildman–Crippen MR) is 83.2 cm³/mol. The second-order valence-electron chi connectivity index (χ2n) is 5.53. The molecular weight excluding hydrogens is 283 g/mol. The summed E-state index contributed by atoms with van der Waals surface area (Å²) in [6.45, 7) is 3.44. The van der Waals surface area contributed by atoms with Gasteiger partial charge in [0.05, 0.1) is 24.8 Å². The van der Waals surface area contributed by atoms with Crippen LogP contribution in [0.2, 0.25) is 0 Å². The summed E-state index contributed by atoms with van der Waals surface area (Å²) in [5.41, 5.74) is 1.71. The highest BCUT2D eigenvalue weighted by atomic mass is 19.1. The van der Waals surface area contributed by atoms with Crippen LogP contribution in [0.4, 0.5) is 4.39 Å². The average Bonchev–Trinajstić information content (AvgIpc) is 3.03. The largest absolute Gasteiger partial charge is 0.377 e. The van der Waals surface area contributed by atoms with Crippen LogP contribution in [0.5, 0.6) is 0 Å². The van der Waals surface area contributed by atoms with Gasteiger partial charge in [-0.15, -0.1) is 0 Å². The molecule has 1 N–H and O–H groups in total. The lowest BCUT2D eigenvalue weighted by molar-refractivity contribution is 0.0183. The Morgan fingerprint density at radius 3 is 3.23 bits per heavy atom. The van der Waals surface area contributed by atoms with Crippen molar-refractivity contribution in [3.8, 4) is 0 Å². The molecule has 5 heteroatoms. The summed E-state index contributed by atoms with van der Waals surface area (Å²) in [4.78, 5) is 4.34. The smallest absolute Gasteiger partial charge is 0.124 e. The minimum Gasteiger partial charge on any atom is -0.377 e. The molecule has 1 atom stereocenters. The van der Waals surface area contributed by atoms with E-state index in [9.17, 15) is 4.39 Å². The van der Waals surface area contributed by atoms with Gasteiger partial charge in [-0.3, -0.25) is 4.98 Å². The van der Waals surface area contributed by atoms with E-state index in [0.29, 0.717) is 19.8 Å². The summed E-state index contributed by atoms with van der Waals surface area (Å²) in [5.74, 6) is -0.230. The molecule has 2 aromatic rings. The van der Waals surface area contributed by atoms with Crippen LogP contribution in [0, 0.1) is 5.82 Å². The van der Waals surface area contributed by atoms with E-state index in [1.54, 1.807) is 6.20 Å². The summed E-state index contributed by atoms with van der Waals surface area (Å²) in [6, 6.07) is 6.74. The van der Waals surface area contributed by atoms with E-state index in [-0.39, 0.29) is 11.9 Å². The first kappa shape index (κ1) is 15.3. The molecule has 22 heavy (non-hydrogen) atoms. The van der Waals surface area contributed by atoms with Gasteiger partial charge in [-0.2, -0.15) is 0 Å². The average molecular weight is 304 g/mol. The Hall–Kier alpha value is -1.56. The first-order chi connectivity index (χ1) is 10.8. The first-order valence-electron chi connectivity index (χ1n) is 7.76. The van der Waals surface area contributed by atoms with Crippen molar-refractivity contribution in [1.82, 2.24) is 10.3 Å². The molecule has 1 aliphatic rings. The number of pyridine rings is 1. The molecule has 4 nitrogen and oxygen atoms in total. The highest BCUT2D eigenvalue weighted by Crippen LogP contribution is 2.18. The number of nitrogens with zero attached hydrogens (tertiary/aromatic N) is 1. The number of fused-ring (bicyclic) bond motifs is 1. The van der Waals surface area contributed by atoms with Crippen molar-refractivity contribution >= 4 is 10.9 Å². The molecule has 0 spiro atoms. The van der Waals surface area contributed by atoms with Crippen LogP contribution in [0.25, 0.3) is 10.9 Å². The van der Waals surface area contributed by atoms with E-state index in [1.807, 2.05) is 12.1 Å². The third kappa shape index (κ3) is 4.00. The SMILES string of the molecule is Fc1cc(CNCCOC[C@H]2CCCO2)c2ncccc2c1. The zero-order valence-electron chi connectivity index (χ0n) is 12.6. The minimum atomic E-state index is -0.230. The molecule has 0 amide bonds. The highest BCUT2D eigenvalue weighted by molar-refractivity contribution is 5.81. The number of nitrogens with one attached hydrogen (secondary N) is 1. The Morgan fingerprint density at radius 2 is 2.36 bits per heavy atom. The lowest BCUT2D eigenvalue weighted by Gasteiger charge is -2.11. The molecule has 0 bridgehead atoms. The molecule has 1 aromatic heterocycles. The van der Waals surface area contributed by atoms with Crippen molar-refractivity contribution < 1.29 is 13.9 Å². The molecule has 0 radical (unpaired) electrons. The third-order valence-electron chi connectivity index (χ3n) is 3.81. The Kier molecular flexibility index (Phi) is 5.32. The van der Waals surface area contributed by atoms with E-state index in [2.05, 4.69) is 10.3 Å². The van der Waals surface area contributed by atoms with E-state index in [4.69, 9.17) is 9.47 Å². The lowest BCUT2D eigenvalue weighted by Crippen LogP contribution is -2.22. The molecule has 0 saturated carbocycles. The molecule has 1 fully saturated rings.